The molecule has 1 heterocycles. The molecule has 3 unspecified atom stereocenters. The molecule has 2 N–H and O–H groups in total. The lowest BCUT2D eigenvalue weighted by atomic mass is 9.74. The largest absolute Gasteiger partial charge is 0.376 e. The van der Waals surface area contributed by atoms with Gasteiger partial charge in [-0.15, -0.1) is 11.3 Å². The van der Waals surface area contributed by atoms with Crippen LogP contribution in [0.1, 0.15) is 43.5 Å². The van der Waals surface area contributed by atoms with Crippen molar-refractivity contribution < 1.29 is 4.74 Å². The zero-order chi connectivity index (χ0) is 12.5. The van der Waals surface area contributed by atoms with Crippen LogP contribution in [0.4, 0.5) is 0 Å². The molecule has 0 aliphatic heterocycles. The van der Waals surface area contributed by atoms with Gasteiger partial charge in [-0.3, -0.25) is 0 Å². The zero-order valence-corrected chi connectivity index (χ0v) is 12.0. The molecule has 0 saturated heterocycles. The number of nitrogens with two attached hydrogens (primary N) is 1. The monoisotopic (exact) mass is 273 g/mol. The van der Waals surface area contributed by atoms with Crippen LogP contribution in [0.5, 0.6) is 0 Å². The quantitative estimate of drug-likeness (QED) is 0.904. The van der Waals surface area contributed by atoms with Crippen LogP contribution in [-0.2, 0) is 4.74 Å². The lowest BCUT2D eigenvalue weighted by molar-refractivity contribution is -0.0711. The van der Waals surface area contributed by atoms with Gasteiger partial charge in [0.15, 0.2) is 0 Å². The van der Waals surface area contributed by atoms with Gasteiger partial charge in [0.05, 0.1) is 16.0 Å². The molecule has 2 nitrogen and oxygen atoms in total. The summed E-state index contributed by atoms with van der Waals surface area (Å²) in [6, 6.07) is 3.88. The summed E-state index contributed by atoms with van der Waals surface area (Å²) in [5, 5.41) is 0. The molecule has 0 bridgehead atoms. The molecule has 4 heteroatoms. The second-order valence-corrected chi connectivity index (χ2v) is 6.84. The first-order valence-corrected chi connectivity index (χ1v) is 7.33. The van der Waals surface area contributed by atoms with Gasteiger partial charge in [-0.2, -0.15) is 0 Å². The van der Waals surface area contributed by atoms with Gasteiger partial charge in [-0.25, -0.2) is 0 Å². The highest BCUT2D eigenvalue weighted by Crippen LogP contribution is 2.43. The second kappa shape index (κ2) is 5.27. The molecule has 0 aromatic carbocycles. The number of thiophene rings is 1. The second-order valence-electron chi connectivity index (χ2n) is 5.09. The van der Waals surface area contributed by atoms with E-state index < -0.39 is 0 Å². The number of methoxy groups -OCH3 is 1. The van der Waals surface area contributed by atoms with Crippen molar-refractivity contribution >= 4 is 22.9 Å². The van der Waals surface area contributed by atoms with E-state index in [0.29, 0.717) is 5.92 Å². The van der Waals surface area contributed by atoms with Crippen molar-refractivity contribution in [2.24, 2.45) is 11.7 Å². The Hall–Kier alpha value is -0.0900. The molecule has 0 amide bonds. The number of hydrogen-bond donors (Lipinski definition) is 1. The summed E-state index contributed by atoms with van der Waals surface area (Å²) in [7, 11) is 1.78. The molecule has 96 valence electrons. The fourth-order valence-corrected chi connectivity index (χ4v) is 4.06. The maximum Gasteiger partial charge on any atom is 0.0931 e. The van der Waals surface area contributed by atoms with E-state index in [0.717, 1.165) is 22.1 Å². The van der Waals surface area contributed by atoms with Gasteiger partial charge in [-0.05, 0) is 30.9 Å². The van der Waals surface area contributed by atoms with Crippen molar-refractivity contribution in [2.45, 2.75) is 44.2 Å². The van der Waals surface area contributed by atoms with Crippen LogP contribution in [0.2, 0.25) is 4.34 Å². The third-order valence-electron chi connectivity index (χ3n) is 3.86. The van der Waals surface area contributed by atoms with Crippen molar-refractivity contribution in [3.05, 3.63) is 21.3 Å². The summed E-state index contributed by atoms with van der Waals surface area (Å²) in [5.41, 5.74) is 6.22. The third-order valence-corrected chi connectivity index (χ3v) is 5.18. The van der Waals surface area contributed by atoms with E-state index in [1.165, 1.54) is 12.8 Å². The summed E-state index contributed by atoms with van der Waals surface area (Å²) in [6.07, 6.45) is 4.57. The first kappa shape index (κ1) is 13.3. The van der Waals surface area contributed by atoms with Crippen LogP contribution in [0.15, 0.2) is 12.1 Å². The van der Waals surface area contributed by atoms with E-state index in [4.69, 9.17) is 22.1 Å². The summed E-state index contributed by atoms with van der Waals surface area (Å²) in [5.74, 6) is 0.685. The molecule has 0 spiro atoms. The van der Waals surface area contributed by atoms with Gasteiger partial charge < -0.3 is 10.5 Å². The summed E-state index contributed by atoms with van der Waals surface area (Å²) >= 11 is 7.55. The van der Waals surface area contributed by atoms with Crippen molar-refractivity contribution in [1.29, 1.82) is 0 Å². The van der Waals surface area contributed by atoms with Gasteiger partial charge >= 0.3 is 0 Å². The topological polar surface area (TPSA) is 35.2 Å². The molecule has 1 aromatic rings. The first-order valence-electron chi connectivity index (χ1n) is 6.13. The summed E-state index contributed by atoms with van der Waals surface area (Å²) in [6.45, 7) is 2.28. The standard InChI is InChI=1S/C13H20ClNOS/c1-9-4-3-7-13(8-9,16-2)12(15)10-5-6-11(14)17-10/h5-6,9,12H,3-4,7-8,15H2,1-2H3. The fourth-order valence-electron chi connectivity index (χ4n) is 2.89. The van der Waals surface area contributed by atoms with Gasteiger partial charge in [-0.1, -0.05) is 31.4 Å². The highest BCUT2D eigenvalue weighted by molar-refractivity contribution is 7.16. The molecule has 1 aliphatic carbocycles. The lowest BCUT2D eigenvalue weighted by Crippen LogP contribution is -2.46. The maximum atomic E-state index is 6.42. The Balaban J connectivity index is 2.22. The molecule has 17 heavy (non-hydrogen) atoms. The highest BCUT2D eigenvalue weighted by atomic mass is 35.5. The summed E-state index contributed by atoms with van der Waals surface area (Å²) < 4.78 is 6.61. The maximum absolute atomic E-state index is 6.42. The van der Waals surface area contributed by atoms with Crippen LogP contribution in [0.3, 0.4) is 0 Å². The van der Waals surface area contributed by atoms with Crippen LogP contribution < -0.4 is 5.73 Å². The predicted octanol–water partition coefficient (Wildman–Crippen LogP) is 4.00. The minimum atomic E-state index is -0.203. The van der Waals surface area contributed by atoms with Crippen molar-refractivity contribution in [1.82, 2.24) is 0 Å². The van der Waals surface area contributed by atoms with Gasteiger partial charge in [0, 0.05) is 12.0 Å². The number of halogens is 1. The van der Waals surface area contributed by atoms with Crippen LogP contribution >= 0.6 is 22.9 Å². The van der Waals surface area contributed by atoms with Crippen LogP contribution in [0.25, 0.3) is 0 Å². The fraction of sp³-hybridized carbons (Fsp3) is 0.692. The predicted molar refractivity (Wildman–Crippen MR) is 73.6 cm³/mol. The van der Waals surface area contributed by atoms with E-state index in [2.05, 4.69) is 6.92 Å². The van der Waals surface area contributed by atoms with Crippen molar-refractivity contribution in [3.8, 4) is 0 Å². The Morgan fingerprint density at radius 2 is 2.35 bits per heavy atom. The lowest BCUT2D eigenvalue weighted by Gasteiger charge is -2.42. The molecule has 1 fully saturated rings. The van der Waals surface area contributed by atoms with Gasteiger partial charge in [0.25, 0.3) is 0 Å². The zero-order valence-electron chi connectivity index (χ0n) is 10.4. The Morgan fingerprint density at radius 1 is 1.59 bits per heavy atom. The smallest absolute Gasteiger partial charge is 0.0931 e. The van der Waals surface area contributed by atoms with E-state index in [1.54, 1.807) is 18.4 Å². The van der Waals surface area contributed by atoms with Crippen LogP contribution in [0, 0.1) is 5.92 Å². The Morgan fingerprint density at radius 3 is 2.88 bits per heavy atom. The molecular formula is C13H20ClNOS. The molecule has 3 atom stereocenters. The minimum Gasteiger partial charge on any atom is -0.376 e. The van der Waals surface area contributed by atoms with Gasteiger partial charge in [0.1, 0.15) is 0 Å². The third kappa shape index (κ3) is 2.68. The summed E-state index contributed by atoms with van der Waals surface area (Å²) in [4.78, 5) is 1.13. The molecule has 1 saturated carbocycles. The number of hydrogen-bond acceptors (Lipinski definition) is 3. The van der Waals surface area contributed by atoms with Crippen molar-refractivity contribution in [2.75, 3.05) is 7.11 Å². The highest BCUT2D eigenvalue weighted by Gasteiger charge is 2.41. The van der Waals surface area contributed by atoms with Crippen molar-refractivity contribution in [3.63, 3.8) is 0 Å². The Kier molecular flexibility index (Phi) is 4.14. The van der Waals surface area contributed by atoms with E-state index in [9.17, 15) is 0 Å². The average Bonchev–Trinajstić information content (AvgIpc) is 2.74. The molecule has 0 radical (unpaired) electrons. The van der Waals surface area contributed by atoms with E-state index >= 15 is 0 Å². The molecule has 2 rings (SSSR count). The molecule has 1 aliphatic rings. The minimum absolute atomic E-state index is 0.0623. The first-order chi connectivity index (χ1) is 8.07. The van der Waals surface area contributed by atoms with E-state index in [1.807, 2.05) is 12.1 Å². The number of ether oxygens (including phenoxy) is 1. The SMILES string of the molecule is COC1(C(N)c2ccc(Cl)s2)CCCC(C)C1. The van der Waals surface area contributed by atoms with E-state index in [-0.39, 0.29) is 11.6 Å². The molecular weight excluding hydrogens is 254 g/mol. The van der Waals surface area contributed by atoms with Crippen LogP contribution in [-0.4, -0.2) is 12.7 Å². The number of rotatable bonds is 3. The van der Waals surface area contributed by atoms with Gasteiger partial charge in [0.2, 0.25) is 0 Å². The Bertz CT molecular complexity index is 381. The Labute approximate surface area is 112 Å². The average molecular weight is 274 g/mol. The normalized spacial score (nSPS) is 31.4. The molecule has 1 aromatic heterocycles.